The highest BCUT2D eigenvalue weighted by Crippen LogP contribution is 2.31. The van der Waals surface area contributed by atoms with Gasteiger partial charge in [0.15, 0.2) is 11.5 Å². The van der Waals surface area contributed by atoms with Gasteiger partial charge in [-0.3, -0.25) is 14.9 Å². The third-order valence-corrected chi connectivity index (χ3v) is 6.04. The van der Waals surface area contributed by atoms with Crippen molar-refractivity contribution in [3.8, 4) is 11.5 Å². The Labute approximate surface area is 184 Å². The Balaban J connectivity index is 1.43. The highest BCUT2D eigenvalue weighted by atomic mass is 35.5. The Morgan fingerprint density at radius 1 is 1.13 bits per heavy atom. The monoisotopic (exact) mass is 443 g/mol. The molecule has 2 fully saturated rings. The number of amides is 4. The number of nitrogens with zero attached hydrogens (tertiary/aromatic N) is 1. The Kier molecular flexibility index (Phi) is 5.73. The summed E-state index contributed by atoms with van der Waals surface area (Å²) in [5.74, 6) is 0.442. The van der Waals surface area contributed by atoms with Crippen molar-refractivity contribution >= 4 is 29.4 Å². The van der Waals surface area contributed by atoms with Gasteiger partial charge in [-0.05, 0) is 37.1 Å². The van der Waals surface area contributed by atoms with Crippen LogP contribution in [0.1, 0.15) is 28.8 Å². The molecule has 0 unspecified atom stereocenters. The second-order valence-electron chi connectivity index (χ2n) is 7.53. The fourth-order valence-corrected chi connectivity index (χ4v) is 4.04. The van der Waals surface area contributed by atoms with E-state index in [0.717, 1.165) is 5.56 Å². The van der Waals surface area contributed by atoms with Gasteiger partial charge in [-0.1, -0.05) is 29.8 Å². The Hall–Kier alpha value is -3.26. The first kappa shape index (κ1) is 21.0. The van der Waals surface area contributed by atoms with Gasteiger partial charge in [0.2, 0.25) is 0 Å². The normalized spacial score (nSPS) is 17.3. The highest BCUT2D eigenvalue weighted by molar-refractivity contribution is 6.31. The van der Waals surface area contributed by atoms with Crippen LogP contribution in [-0.4, -0.2) is 48.5 Å². The van der Waals surface area contributed by atoms with Crippen molar-refractivity contribution in [1.29, 1.82) is 0 Å². The molecule has 0 bridgehead atoms. The van der Waals surface area contributed by atoms with Gasteiger partial charge in [-0.25, -0.2) is 4.79 Å². The van der Waals surface area contributed by atoms with Crippen LogP contribution >= 0.6 is 11.6 Å². The molecule has 4 rings (SSSR count). The molecule has 0 saturated carbocycles. The van der Waals surface area contributed by atoms with Gasteiger partial charge in [0.1, 0.15) is 12.1 Å². The molecule has 0 radical (unpaired) electrons. The molecule has 162 valence electrons. The molecule has 4 amide bonds. The summed E-state index contributed by atoms with van der Waals surface area (Å²) in [6.45, 7) is 0.991. The smallest absolute Gasteiger partial charge is 0.322 e. The van der Waals surface area contributed by atoms with Crippen molar-refractivity contribution in [3.05, 3.63) is 58.6 Å². The number of carbonyl (C=O) groups is 3. The first-order chi connectivity index (χ1) is 14.9. The number of benzene rings is 2. The maximum atomic E-state index is 13.0. The minimum absolute atomic E-state index is 0.171. The summed E-state index contributed by atoms with van der Waals surface area (Å²) in [7, 11) is 1.51. The van der Waals surface area contributed by atoms with E-state index in [1.54, 1.807) is 29.2 Å². The topological polar surface area (TPSA) is 97.0 Å². The van der Waals surface area contributed by atoms with E-state index < -0.39 is 11.6 Å². The highest BCUT2D eigenvalue weighted by Gasteiger charge is 2.48. The number of urea groups is 1. The Morgan fingerprint density at radius 2 is 1.87 bits per heavy atom. The van der Waals surface area contributed by atoms with E-state index in [-0.39, 0.29) is 18.4 Å². The number of piperidine rings is 1. The van der Waals surface area contributed by atoms with Crippen LogP contribution in [0.3, 0.4) is 0 Å². The molecule has 2 aliphatic heterocycles. The molecule has 8 nitrogen and oxygen atoms in total. The zero-order valence-corrected chi connectivity index (χ0v) is 17.7. The van der Waals surface area contributed by atoms with Gasteiger partial charge in [0.25, 0.3) is 11.8 Å². The lowest BCUT2D eigenvalue weighted by atomic mass is 9.87. The van der Waals surface area contributed by atoms with Gasteiger partial charge in [0.05, 0.1) is 7.11 Å². The van der Waals surface area contributed by atoms with Crippen LogP contribution in [0.5, 0.6) is 11.5 Å². The Morgan fingerprint density at radius 3 is 2.52 bits per heavy atom. The van der Waals surface area contributed by atoms with Crippen molar-refractivity contribution < 1.29 is 23.9 Å². The summed E-state index contributed by atoms with van der Waals surface area (Å²) >= 11 is 6.17. The van der Waals surface area contributed by atoms with E-state index in [1.165, 1.54) is 7.11 Å². The van der Waals surface area contributed by atoms with E-state index in [1.807, 2.05) is 18.2 Å². The van der Waals surface area contributed by atoms with Crippen LogP contribution in [0.2, 0.25) is 5.02 Å². The van der Waals surface area contributed by atoms with Crippen LogP contribution in [0.15, 0.2) is 42.5 Å². The molecule has 31 heavy (non-hydrogen) atoms. The van der Waals surface area contributed by atoms with Crippen LogP contribution in [0.25, 0.3) is 0 Å². The fourth-order valence-electron chi connectivity index (χ4n) is 3.85. The molecular weight excluding hydrogens is 422 g/mol. The average molecular weight is 444 g/mol. The molecular formula is C22H22ClN3O5. The lowest BCUT2D eigenvalue weighted by Gasteiger charge is -2.37. The number of nitrogens with one attached hydrogen (secondary N) is 2. The summed E-state index contributed by atoms with van der Waals surface area (Å²) in [6, 6.07) is 11.9. The van der Waals surface area contributed by atoms with Gasteiger partial charge in [-0.2, -0.15) is 0 Å². The molecule has 9 heteroatoms. The van der Waals surface area contributed by atoms with Crippen molar-refractivity contribution in [1.82, 2.24) is 15.5 Å². The lowest BCUT2D eigenvalue weighted by molar-refractivity contribution is -0.125. The van der Waals surface area contributed by atoms with Gasteiger partial charge in [0, 0.05) is 29.2 Å². The Bertz CT molecular complexity index is 1030. The first-order valence-corrected chi connectivity index (χ1v) is 10.3. The number of ether oxygens (including phenoxy) is 2. The minimum atomic E-state index is -0.915. The maximum absolute atomic E-state index is 13.0. The number of imide groups is 1. The molecule has 0 aromatic heterocycles. The van der Waals surface area contributed by atoms with E-state index in [9.17, 15) is 14.4 Å². The fraction of sp³-hybridized carbons (Fsp3) is 0.318. The van der Waals surface area contributed by atoms with Crippen molar-refractivity contribution in [2.45, 2.75) is 25.0 Å². The van der Waals surface area contributed by atoms with Gasteiger partial charge < -0.3 is 19.7 Å². The quantitative estimate of drug-likeness (QED) is 0.692. The molecule has 0 atom stereocenters. The second kappa shape index (κ2) is 8.47. The molecule has 0 aliphatic carbocycles. The van der Waals surface area contributed by atoms with Crippen LogP contribution < -0.4 is 20.1 Å². The summed E-state index contributed by atoms with van der Waals surface area (Å²) in [5, 5.41) is 5.58. The van der Waals surface area contributed by atoms with Crippen LogP contribution in [0, 0.1) is 0 Å². The number of halogens is 1. The standard InChI is InChI=1S/C22H22ClN3O5/c1-30-18-12-14(6-7-17(18)31-13-15-4-2-3-5-16(15)23)19(27)26-10-8-22(9-11-26)20(28)24-21(29)25-22/h2-7,12H,8-11,13H2,1H3,(H2,24,25,28,29). The van der Waals surface area contributed by atoms with E-state index >= 15 is 0 Å². The third kappa shape index (κ3) is 4.16. The maximum Gasteiger partial charge on any atom is 0.322 e. The number of hydrogen-bond acceptors (Lipinski definition) is 5. The van der Waals surface area contributed by atoms with Crippen LogP contribution in [-0.2, 0) is 11.4 Å². The summed E-state index contributed by atoms with van der Waals surface area (Å²) < 4.78 is 11.3. The van der Waals surface area contributed by atoms with Crippen molar-refractivity contribution in [2.75, 3.05) is 20.2 Å². The lowest BCUT2D eigenvalue weighted by Crippen LogP contribution is -2.55. The largest absolute Gasteiger partial charge is 0.493 e. The molecule has 2 aliphatic rings. The van der Waals surface area contributed by atoms with Crippen molar-refractivity contribution in [2.24, 2.45) is 0 Å². The van der Waals surface area contributed by atoms with E-state index in [2.05, 4.69) is 10.6 Å². The predicted molar refractivity (Wildman–Crippen MR) is 113 cm³/mol. The zero-order chi connectivity index (χ0) is 22.0. The minimum Gasteiger partial charge on any atom is -0.493 e. The average Bonchev–Trinajstić information content (AvgIpc) is 3.05. The number of rotatable bonds is 5. The van der Waals surface area contributed by atoms with E-state index in [0.29, 0.717) is 48.0 Å². The number of likely N-dealkylation sites (tertiary alicyclic amines) is 1. The number of hydrogen-bond donors (Lipinski definition) is 2. The molecule has 1 spiro atoms. The zero-order valence-electron chi connectivity index (χ0n) is 16.9. The van der Waals surface area contributed by atoms with E-state index in [4.69, 9.17) is 21.1 Å². The number of methoxy groups -OCH3 is 1. The first-order valence-electron chi connectivity index (χ1n) is 9.89. The summed E-state index contributed by atoms with van der Waals surface area (Å²) in [6.07, 6.45) is 0.735. The summed E-state index contributed by atoms with van der Waals surface area (Å²) in [5.41, 5.74) is 0.386. The predicted octanol–water partition coefficient (Wildman–Crippen LogP) is 2.74. The van der Waals surface area contributed by atoms with Gasteiger partial charge in [-0.15, -0.1) is 0 Å². The second-order valence-corrected chi connectivity index (χ2v) is 7.94. The number of carbonyl (C=O) groups excluding carboxylic acids is 3. The van der Waals surface area contributed by atoms with Crippen molar-refractivity contribution in [3.63, 3.8) is 0 Å². The molecule has 2 saturated heterocycles. The SMILES string of the molecule is COc1cc(C(=O)N2CCC3(CC2)NC(=O)NC3=O)ccc1OCc1ccccc1Cl. The molecule has 2 aromatic rings. The summed E-state index contributed by atoms with van der Waals surface area (Å²) in [4.78, 5) is 38.2. The molecule has 2 heterocycles. The molecule has 2 N–H and O–H groups in total. The van der Waals surface area contributed by atoms with Crippen LogP contribution in [0.4, 0.5) is 4.79 Å². The molecule has 2 aromatic carbocycles. The van der Waals surface area contributed by atoms with Gasteiger partial charge >= 0.3 is 6.03 Å². The third-order valence-electron chi connectivity index (χ3n) is 5.67.